The molecule has 11 heteroatoms. The Bertz CT molecular complexity index is 971. The van der Waals surface area contributed by atoms with E-state index in [1.165, 1.54) is 0 Å². The molecule has 0 unspecified atom stereocenters. The second-order valence-electron chi connectivity index (χ2n) is 11.7. The van der Waals surface area contributed by atoms with E-state index in [9.17, 15) is 31.9 Å². The first kappa shape index (κ1) is 32.2. The molecular formula is C26H37F4NO6. The average Bonchev–Trinajstić information content (AvgIpc) is 2.63. The summed E-state index contributed by atoms with van der Waals surface area (Å²) >= 11 is 0. The van der Waals surface area contributed by atoms with Gasteiger partial charge in [-0.1, -0.05) is 0 Å². The molecule has 1 rings (SSSR count). The monoisotopic (exact) mass is 535 g/mol. The molecule has 0 fully saturated rings. The van der Waals surface area contributed by atoms with Crippen molar-refractivity contribution >= 4 is 18.0 Å². The number of alkyl carbamates (subject to hydrolysis) is 1. The molecule has 0 saturated heterocycles. The summed E-state index contributed by atoms with van der Waals surface area (Å²) in [6.45, 7) is 14.3. The van der Waals surface area contributed by atoms with Crippen LogP contribution in [-0.2, 0) is 36.4 Å². The van der Waals surface area contributed by atoms with Crippen molar-refractivity contribution < 1.29 is 46.2 Å². The Labute approximate surface area is 215 Å². The topological polar surface area (TPSA) is 90.9 Å². The second kappa shape index (κ2) is 11.7. The molecule has 1 aromatic rings. The molecule has 1 aromatic carbocycles. The molecule has 0 spiro atoms. The largest absolute Gasteiger partial charge is 0.460 e. The van der Waals surface area contributed by atoms with Gasteiger partial charge in [0, 0.05) is 0 Å². The number of hydrogen-bond donors (Lipinski definition) is 1. The molecule has 1 amide bonds. The number of benzene rings is 1. The van der Waals surface area contributed by atoms with Crippen LogP contribution in [0.3, 0.4) is 0 Å². The van der Waals surface area contributed by atoms with Crippen LogP contribution in [0.25, 0.3) is 0 Å². The zero-order chi connectivity index (χ0) is 29.0. The molecule has 1 N–H and O–H groups in total. The third-order valence-corrected chi connectivity index (χ3v) is 4.48. The standard InChI is InChI=1S/C26H37F4NO6/c1-23(2,3)35-20(32)16(12-15-13-17(26(28,29)30)10-11-18(15)27)14-19(21(33)36-24(4,5)6)31-22(34)37-25(7,8)9/h10-11,13,16,19H,12,14H2,1-9H3,(H,31,34)/t16-,19-/m0/s1. The molecular weight excluding hydrogens is 498 g/mol. The van der Waals surface area contributed by atoms with E-state index in [0.29, 0.717) is 18.2 Å². The van der Waals surface area contributed by atoms with Crippen LogP contribution in [0, 0.1) is 11.7 Å². The summed E-state index contributed by atoms with van der Waals surface area (Å²) in [7, 11) is 0. The predicted octanol–water partition coefficient (Wildman–Crippen LogP) is 5.97. The van der Waals surface area contributed by atoms with Gasteiger partial charge >= 0.3 is 24.2 Å². The van der Waals surface area contributed by atoms with Crippen LogP contribution >= 0.6 is 0 Å². The molecule has 0 saturated carbocycles. The minimum atomic E-state index is -4.73. The Morgan fingerprint density at radius 2 is 1.30 bits per heavy atom. The predicted molar refractivity (Wildman–Crippen MR) is 128 cm³/mol. The summed E-state index contributed by atoms with van der Waals surface area (Å²) in [4.78, 5) is 38.4. The zero-order valence-electron chi connectivity index (χ0n) is 22.8. The van der Waals surface area contributed by atoms with Gasteiger partial charge in [0.2, 0.25) is 0 Å². The first-order valence-electron chi connectivity index (χ1n) is 11.8. The number of ether oxygens (including phenoxy) is 3. The number of hydrogen-bond acceptors (Lipinski definition) is 6. The maximum absolute atomic E-state index is 14.5. The van der Waals surface area contributed by atoms with Crippen molar-refractivity contribution in [1.29, 1.82) is 0 Å². The van der Waals surface area contributed by atoms with Crippen molar-refractivity contribution in [3.8, 4) is 0 Å². The highest BCUT2D eigenvalue weighted by molar-refractivity contribution is 5.83. The van der Waals surface area contributed by atoms with Crippen molar-refractivity contribution in [2.75, 3.05) is 0 Å². The van der Waals surface area contributed by atoms with E-state index in [1.807, 2.05) is 0 Å². The van der Waals surface area contributed by atoms with Gasteiger partial charge in [-0.3, -0.25) is 4.79 Å². The minimum absolute atomic E-state index is 0.397. The fourth-order valence-electron chi connectivity index (χ4n) is 3.14. The molecule has 0 aromatic heterocycles. The van der Waals surface area contributed by atoms with Crippen LogP contribution in [0.2, 0.25) is 0 Å². The Balaban J connectivity index is 3.42. The molecule has 0 radical (unpaired) electrons. The van der Waals surface area contributed by atoms with Gasteiger partial charge in [0.1, 0.15) is 28.7 Å². The molecule has 210 valence electrons. The second-order valence-corrected chi connectivity index (χ2v) is 11.7. The summed E-state index contributed by atoms with van der Waals surface area (Å²) in [6.07, 6.45) is -6.68. The lowest BCUT2D eigenvalue weighted by Gasteiger charge is -2.29. The van der Waals surface area contributed by atoms with E-state index >= 15 is 0 Å². The third kappa shape index (κ3) is 12.3. The Kier molecular flexibility index (Phi) is 10.2. The quantitative estimate of drug-likeness (QED) is 0.263. The molecule has 0 aliphatic heterocycles. The lowest BCUT2D eigenvalue weighted by Crippen LogP contribution is -2.48. The van der Waals surface area contributed by atoms with Crippen molar-refractivity contribution in [3.05, 3.63) is 35.1 Å². The van der Waals surface area contributed by atoms with Crippen LogP contribution in [0.1, 0.15) is 79.9 Å². The number of nitrogens with one attached hydrogen (secondary N) is 1. The van der Waals surface area contributed by atoms with E-state index in [-0.39, 0.29) is 0 Å². The van der Waals surface area contributed by atoms with Crippen LogP contribution in [0.15, 0.2) is 18.2 Å². The highest BCUT2D eigenvalue weighted by Gasteiger charge is 2.36. The number of halogens is 4. The summed E-state index contributed by atoms with van der Waals surface area (Å²) in [5.74, 6) is -4.07. The summed E-state index contributed by atoms with van der Waals surface area (Å²) in [6, 6.07) is 0.417. The summed E-state index contributed by atoms with van der Waals surface area (Å²) in [5, 5.41) is 2.36. The third-order valence-electron chi connectivity index (χ3n) is 4.48. The summed E-state index contributed by atoms with van der Waals surface area (Å²) < 4.78 is 70.2. The van der Waals surface area contributed by atoms with Gasteiger partial charge in [-0.2, -0.15) is 13.2 Å². The van der Waals surface area contributed by atoms with Gasteiger partial charge in [-0.25, -0.2) is 14.0 Å². The maximum atomic E-state index is 14.5. The van der Waals surface area contributed by atoms with Crippen molar-refractivity contribution in [1.82, 2.24) is 5.32 Å². The SMILES string of the molecule is CC(C)(C)OC(=O)N[C@@H](C[C@H](Cc1cc(C(F)(F)F)ccc1F)C(=O)OC(C)(C)C)C(=O)OC(C)(C)C. The lowest BCUT2D eigenvalue weighted by molar-refractivity contribution is -0.162. The Hall–Kier alpha value is -2.85. The molecule has 0 bridgehead atoms. The van der Waals surface area contributed by atoms with Crippen LogP contribution in [0.4, 0.5) is 22.4 Å². The fourth-order valence-corrected chi connectivity index (χ4v) is 3.14. The molecule has 0 aliphatic rings. The van der Waals surface area contributed by atoms with E-state index in [1.54, 1.807) is 62.3 Å². The van der Waals surface area contributed by atoms with Crippen LogP contribution < -0.4 is 5.32 Å². The average molecular weight is 536 g/mol. The first-order valence-corrected chi connectivity index (χ1v) is 11.8. The molecule has 2 atom stereocenters. The smallest absolute Gasteiger partial charge is 0.416 e. The van der Waals surface area contributed by atoms with E-state index in [2.05, 4.69) is 5.32 Å². The number of amides is 1. The van der Waals surface area contributed by atoms with Crippen molar-refractivity contribution in [2.24, 2.45) is 5.92 Å². The van der Waals surface area contributed by atoms with Gasteiger partial charge in [-0.05, 0) is 98.9 Å². The van der Waals surface area contributed by atoms with Gasteiger partial charge < -0.3 is 19.5 Å². The van der Waals surface area contributed by atoms with Crippen molar-refractivity contribution in [3.63, 3.8) is 0 Å². The Morgan fingerprint density at radius 3 is 1.76 bits per heavy atom. The molecule has 0 heterocycles. The first-order chi connectivity index (χ1) is 16.5. The number of carbonyl (C=O) groups is 3. The number of carbonyl (C=O) groups excluding carboxylic acids is 3. The zero-order valence-corrected chi connectivity index (χ0v) is 22.8. The van der Waals surface area contributed by atoms with E-state index in [4.69, 9.17) is 14.2 Å². The van der Waals surface area contributed by atoms with Gasteiger partial charge in [0.25, 0.3) is 0 Å². The lowest BCUT2D eigenvalue weighted by atomic mass is 9.91. The van der Waals surface area contributed by atoms with Gasteiger partial charge in [-0.15, -0.1) is 0 Å². The molecule has 37 heavy (non-hydrogen) atoms. The highest BCUT2D eigenvalue weighted by Crippen LogP contribution is 2.32. The normalized spacial score (nSPS) is 14.4. The van der Waals surface area contributed by atoms with Crippen LogP contribution in [-0.4, -0.2) is 40.9 Å². The minimum Gasteiger partial charge on any atom is -0.460 e. The van der Waals surface area contributed by atoms with E-state index in [0.717, 1.165) is 0 Å². The number of rotatable bonds is 7. The molecule has 7 nitrogen and oxygen atoms in total. The van der Waals surface area contributed by atoms with E-state index < -0.39 is 82.8 Å². The number of esters is 2. The number of alkyl halides is 3. The van der Waals surface area contributed by atoms with Gasteiger partial charge in [0.05, 0.1) is 11.5 Å². The van der Waals surface area contributed by atoms with Gasteiger partial charge in [0.15, 0.2) is 0 Å². The fraction of sp³-hybridized carbons (Fsp3) is 0.654. The maximum Gasteiger partial charge on any atom is 0.416 e. The highest BCUT2D eigenvalue weighted by atomic mass is 19.4. The van der Waals surface area contributed by atoms with Crippen LogP contribution in [0.5, 0.6) is 0 Å². The van der Waals surface area contributed by atoms with Crippen molar-refractivity contribution in [2.45, 2.75) is 104 Å². The Morgan fingerprint density at radius 1 is 0.811 bits per heavy atom. The molecule has 0 aliphatic carbocycles. The summed E-state index contributed by atoms with van der Waals surface area (Å²) in [5.41, 5.74) is -4.34.